The van der Waals surface area contributed by atoms with Crippen LogP contribution in [0.2, 0.25) is 0 Å². The lowest BCUT2D eigenvalue weighted by molar-refractivity contribution is -0.386. The number of rotatable bonds is 5. The molecule has 0 aliphatic rings. The van der Waals surface area contributed by atoms with E-state index < -0.39 is 4.92 Å². The third kappa shape index (κ3) is 3.10. The minimum atomic E-state index is -0.479. The molecule has 0 amide bonds. The molecule has 104 valence electrons. The molecule has 0 saturated heterocycles. The van der Waals surface area contributed by atoms with Crippen molar-refractivity contribution in [1.82, 2.24) is 10.3 Å². The van der Waals surface area contributed by atoms with Crippen LogP contribution in [0.15, 0.2) is 36.5 Å². The van der Waals surface area contributed by atoms with Gasteiger partial charge in [-0.15, -0.1) is 0 Å². The molecule has 1 aromatic heterocycles. The zero-order valence-electron chi connectivity index (χ0n) is 11.3. The highest BCUT2D eigenvalue weighted by molar-refractivity contribution is 5.49. The summed E-state index contributed by atoms with van der Waals surface area (Å²) in [5, 5.41) is 14.1. The first-order valence-corrected chi connectivity index (χ1v) is 6.13. The van der Waals surface area contributed by atoms with Gasteiger partial charge < -0.3 is 10.1 Å². The fraction of sp³-hybridized carbons (Fsp3) is 0.214. The first-order chi connectivity index (χ1) is 9.61. The first kappa shape index (κ1) is 14.0. The van der Waals surface area contributed by atoms with Gasteiger partial charge in [0.2, 0.25) is 0 Å². The predicted molar refractivity (Wildman–Crippen MR) is 74.9 cm³/mol. The van der Waals surface area contributed by atoms with Crippen molar-refractivity contribution in [3.8, 4) is 11.6 Å². The van der Waals surface area contributed by atoms with E-state index in [0.29, 0.717) is 11.3 Å². The number of nitrogens with zero attached hydrogens (tertiary/aromatic N) is 2. The molecule has 2 rings (SSSR count). The van der Waals surface area contributed by atoms with E-state index in [0.717, 1.165) is 12.1 Å². The molecule has 0 aliphatic carbocycles. The lowest BCUT2D eigenvalue weighted by atomic mass is 10.2. The second kappa shape index (κ2) is 6.12. The summed E-state index contributed by atoms with van der Waals surface area (Å²) in [7, 11) is 1.87. The van der Waals surface area contributed by atoms with Crippen LogP contribution in [0.4, 0.5) is 5.69 Å². The van der Waals surface area contributed by atoms with Crippen molar-refractivity contribution < 1.29 is 9.66 Å². The van der Waals surface area contributed by atoms with E-state index in [-0.39, 0.29) is 11.6 Å². The minimum Gasteiger partial charge on any atom is -0.434 e. The summed E-state index contributed by atoms with van der Waals surface area (Å²) < 4.78 is 5.51. The molecule has 1 aromatic carbocycles. The zero-order valence-corrected chi connectivity index (χ0v) is 11.3. The quantitative estimate of drug-likeness (QED) is 0.669. The van der Waals surface area contributed by atoms with Gasteiger partial charge in [0, 0.05) is 18.3 Å². The fourth-order valence-corrected chi connectivity index (χ4v) is 1.81. The van der Waals surface area contributed by atoms with Gasteiger partial charge in [0.15, 0.2) is 0 Å². The highest BCUT2D eigenvalue weighted by Gasteiger charge is 2.20. The second-order valence-corrected chi connectivity index (χ2v) is 4.32. The Labute approximate surface area is 116 Å². The van der Waals surface area contributed by atoms with Gasteiger partial charge in [-0.2, -0.15) is 0 Å². The van der Waals surface area contributed by atoms with Crippen molar-refractivity contribution in [1.29, 1.82) is 0 Å². The van der Waals surface area contributed by atoms with Crippen LogP contribution in [0.5, 0.6) is 11.6 Å². The lowest BCUT2D eigenvalue weighted by Crippen LogP contribution is -2.04. The summed E-state index contributed by atoms with van der Waals surface area (Å²) in [6.45, 7) is 2.41. The summed E-state index contributed by atoms with van der Waals surface area (Å²) in [5.74, 6) is 0.530. The average Bonchev–Trinajstić information content (AvgIpc) is 2.41. The van der Waals surface area contributed by atoms with E-state index in [4.69, 9.17) is 4.74 Å². The molecule has 0 fully saturated rings. The summed E-state index contributed by atoms with van der Waals surface area (Å²) in [6, 6.07) is 8.91. The molecule has 6 heteroatoms. The Bertz CT molecular complexity index is 612. The number of aromatic nitrogens is 1. The van der Waals surface area contributed by atoms with Gasteiger partial charge in [0.05, 0.1) is 4.92 Å². The van der Waals surface area contributed by atoms with Gasteiger partial charge in [-0.1, -0.05) is 12.1 Å². The second-order valence-electron chi connectivity index (χ2n) is 4.32. The van der Waals surface area contributed by atoms with Crippen LogP contribution in [0.1, 0.15) is 11.1 Å². The molecule has 2 aromatic rings. The predicted octanol–water partition coefficient (Wildman–Crippen LogP) is 2.81. The topological polar surface area (TPSA) is 77.3 Å². The molecule has 0 unspecified atom stereocenters. The molecule has 6 nitrogen and oxygen atoms in total. The molecule has 1 N–H and O–H groups in total. The van der Waals surface area contributed by atoms with E-state index in [1.54, 1.807) is 25.1 Å². The smallest absolute Gasteiger partial charge is 0.334 e. The van der Waals surface area contributed by atoms with Crippen molar-refractivity contribution in [2.75, 3.05) is 7.05 Å². The van der Waals surface area contributed by atoms with E-state index in [1.807, 2.05) is 19.2 Å². The van der Waals surface area contributed by atoms with Gasteiger partial charge >= 0.3 is 5.69 Å². The van der Waals surface area contributed by atoms with Gasteiger partial charge in [0.1, 0.15) is 5.75 Å². The van der Waals surface area contributed by atoms with Crippen molar-refractivity contribution in [2.45, 2.75) is 13.5 Å². The molecule has 1 heterocycles. The van der Waals surface area contributed by atoms with Crippen molar-refractivity contribution >= 4 is 5.69 Å². The molecule has 0 saturated carbocycles. The summed E-state index contributed by atoms with van der Waals surface area (Å²) in [6.07, 6.45) is 1.49. The molecule has 20 heavy (non-hydrogen) atoms. The van der Waals surface area contributed by atoms with Gasteiger partial charge in [0.25, 0.3) is 5.88 Å². The zero-order chi connectivity index (χ0) is 14.5. The summed E-state index contributed by atoms with van der Waals surface area (Å²) >= 11 is 0. The Balaban J connectivity index is 2.26. The Morgan fingerprint density at radius 3 is 2.60 bits per heavy atom. The highest BCUT2D eigenvalue weighted by atomic mass is 16.6. The van der Waals surface area contributed by atoms with Crippen LogP contribution in [0.3, 0.4) is 0 Å². The van der Waals surface area contributed by atoms with Crippen LogP contribution in [0.25, 0.3) is 0 Å². The fourth-order valence-electron chi connectivity index (χ4n) is 1.81. The van der Waals surface area contributed by atoms with Crippen LogP contribution in [-0.2, 0) is 6.54 Å². The Morgan fingerprint density at radius 1 is 1.30 bits per heavy atom. The van der Waals surface area contributed by atoms with E-state index in [1.165, 1.54) is 6.20 Å². The molecule has 0 bridgehead atoms. The Morgan fingerprint density at radius 2 is 2.00 bits per heavy atom. The lowest BCUT2D eigenvalue weighted by Gasteiger charge is -2.07. The van der Waals surface area contributed by atoms with Crippen molar-refractivity contribution in [3.05, 3.63) is 57.8 Å². The third-order valence-electron chi connectivity index (χ3n) is 2.79. The minimum absolute atomic E-state index is 0.0105. The first-order valence-electron chi connectivity index (χ1n) is 6.13. The van der Waals surface area contributed by atoms with Crippen LogP contribution in [0, 0.1) is 17.0 Å². The molecule has 0 spiro atoms. The maximum absolute atomic E-state index is 11.0. The van der Waals surface area contributed by atoms with Crippen molar-refractivity contribution in [3.63, 3.8) is 0 Å². The Kier molecular flexibility index (Phi) is 4.27. The van der Waals surface area contributed by atoms with Gasteiger partial charge in [-0.05, 0) is 37.7 Å². The summed E-state index contributed by atoms with van der Waals surface area (Å²) in [4.78, 5) is 14.5. The van der Waals surface area contributed by atoms with Crippen LogP contribution in [-0.4, -0.2) is 17.0 Å². The number of hydrogen-bond acceptors (Lipinski definition) is 5. The molecular formula is C14H15N3O3. The van der Waals surface area contributed by atoms with E-state index in [9.17, 15) is 10.1 Å². The van der Waals surface area contributed by atoms with E-state index in [2.05, 4.69) is 10.3 Å². The Hall–Kier alpha value is -2.47. The average molecular weight is 273 g/mol. The normalized spacial score (nSPS) is 10.3. The van der Waals surface area contributed by atoms with Gasteiger partial charge in [-0.3, -0.25) is 10.1 Å². The standard InChI is InChI=1S/C14H15N3O3/c1-10-7-8-16-14(13(10)17(18)19)20-12-5-3-11(4-6-12)9-15-2/h3-8,15H,9H2,1-2H3. The molecule has 0 radical (unpaired) electrons. The largest absolute Gasteiger partial charge is 0.434 e. The monoisotopic (exact) mass is 273 g/mol. The number of hydrogen-bond donors (Lipinski definition) is 1. The SMILES string of the molecule is CNCc1ccc(Oc2nccc(C)c2[N+](=O)[O-])cc1. The molecular weight excluding hydrogens is 258 g/mol. The van der Waals surface area contributed by atoms with Crippen molar-refractivity contribution in [2.24, 2.45) is 0 Å². The number of nitro groups is 1. The number of nitrogens with one attached hydrogen (secondary N) is 1. The number of pyridine rings is 1. The number of benzene rings is 1. The molecule has 0 aliphatic heterocycles. The maximum Gasteiger partial charge on any atom is 0.334 e. The van der Waals surface area contributed by atoms with Crippen LogP contribution >= 0.6 is 0 Å². The summed E-state index contributed by atoms with van der Waals surface area (Å²) in [5.41, 5.74) is 1.52. The van der Waals surface area contributed by atoms with Gasteiger partial charge in [-0.25, -0.2) is 4.98 Å². The highest BCUT2D eigenvalue weighted by Crippen LogP contribution is 2.31. The number of aryl methyl sites for hydroxylation is 1. The van der Waals surface area contributed by atoms with Crippen LogP contribution < -0.4 is 10.1 Å². The van der Waals surface area contributed by atoms with E-state index >= 15 is 0 Å². The molecule has 0 atom stereocenters. The number of ether oxygens (including phenoxy) is 1. The third-order valence-corrected chi connectivity index (χ3v) is 2.79. The maximum atomic E-state index is 11.0.